The van der Waals surface area contributed by atoms with E-state index in [-0.39, 0.29) is 5.91 Å². The lowest BCUT2D eigenvalue weighted by atomic mass is 10.3. The second-order valence-corrected chi connectivity index (χ2v) is 5.53. The molecule has 1 heterocycles. The van der Waals surface area contributed by atoms with Crippen LogP contribution in [0, 0.1) is 0 Å². The number of carbonyl (C=O) groups is 1. The van der Waals surface area contributed by atoms with Gasteiger partial charge >= 0.3 is 0 Å². The number of nitrogens with one attached hydrogen (secondary N) is 1. The molecule has 0 radical (unpaired) electrons. The van der Waals surface area contributed by atoms with Crippen LogP contribution in [-0.2, 0) is 11.3 Å². The highest BCUT2D eigenvalue weighted by Crippen LogP contribution is 2.21. The van der Waals surface area contributed by atoms with Gasteiger partial charge in [0.25, 0.3) is 0 Å². The monoisotopic (exact) mass is 304 g/mol. The van der Waals surface area contributed by atoms with Gasteiger partial charge in [0.05, 0.1) is 6.54 Å². The number of hydrogen-bond donors (Lipinski definition) is 1. The number of rotatable bonds is 6. The molecular weight excluding hydrogens is 288 g/mol. The standard InChI is InChI=1S/C11H17BrN2OS/c1-3-4-14(7-11(15)13-2)6-10-5-9(12)8-16-10/h5,8H,3-4,6-7H2,1-2H3,(H,13,15). The summed E-state index contributed by atoms with van der Waals surface area (Å²) in [5.41, 5.74) is 0. The van der Waals surface area contributed by atoms with Crippen molar-refractivity contribution in [1.82, 2.24) is 10.2 Å². The fourth-order valence-electron chi connectivity index (χ4n) is 1.47. The van der Waals surface area contributed by atoms with Gasteiger partial charge in [0.1, 0.15) is 0 Å². The van der Waals surface area contributed by atoms with Crippen LogP contribution in [0.15, 0.2) is 15.9 Å². The molecule has 1 amide bonds. The van der Waals surface area contributed by atoms with Crippen molar-refractivity contribution in [3.63, 3.8) is 0 Å². The van der Waals surface area contributed by atoms with Crippen LogP contribution in [0.5, 0.6) is 0 Å². The molecule has 0 atom stereocenters. The summed E-state index contributed by atoms with van der Waals surface area (Å²) in [4.78, 5) is 14.8. The molecule has 0 aliphatic carbocycles. The van der Waals surface area contributed by atoms with Crippen molar-refractivity contribution in [2.24, 2.45) is 0 Å². The summed E-state index contributed by atoms with van der Waals surface area (Å²) in [5, 5.41) is 4.73. The summed E-state index contributed by atoms with van der Waals surface area (Å²) < 4.78 is 1.11. The van der Waals surface area contributed by atoms with Crippen LogP contribution in [0.2, 0.25) is 0 Å². The van der Waals surface area contributed by atoms with Crippen molar-refractivity contribution in [2.45, 2.75) is 19.9 Å². The van der Waals surface area contributed by atoms with Gasteiger partial charge in [-0.1, -0.05) is 6.92 Å². The molecule has 1 aromatic heterocycles. The number of hydrogen-bond acceptors (Lipinski definition) is 3. The van der Waals surface area contributed by atoms with E-state index in [1.54, 1.807) is 18.4 Å². The molecule has 90 valence electrons. The first-order chi connectivity index (χ1) is 7.65. The average molecular weight is 305 g/mol. The summed E-state index contributed by atoms with van der Waals surface area (Å²) >= 11 is 5.16. The van der Waals surface area contributed by atoms with Gasteiger partial charge in [-0.3, -0.25) is 9.69 Å². The minimum Gasteiger partial charge on any atom is -0.358 e. The molecule has 0 unspecified atom stereocenters. The maximum Gasteiger partial charge on any atom is 0.233 e. The van der Waals surface area contributed by atoms with Crippen LogP contribution in [0.3, 0.4) is 0 Å². The van der Waals surface area contributed by atoms with Gasteiger partial charge in [0, 0.05) is 28.3 Å². The van der Waals surface area contributed by atoms with Crippen LogP contribution in [-0.4, -0.2) is 30.9 Å². The molecule has 1 rings (SSSR count). The van der Waals surface area contributed by atoms with Gasteiger partial charge in [-0.2, -0.15) is 0 Å². The van der Waals surface area contributed by atoms with E-state index in [2.05, 4.69) is 44.5 Å². The van der Waals surface area contributed by atoms with E-state index in [9.17, 15) is 4.79 Å². The highest BCUT2D eigenvalue weighted by molar-refractivity contribution is 9.10. The summed E-state index contributed by atoms with van der Waals surface area (Å²) in [5.74, 6) is 0.0732. The summed E-state index contributed by atoms with van der Waals surface area (Å²) in [6.07, 6.45) is 1.06. The SMILES string of the molecule is CCCN(CC(=O)NC)Cc1cc(Br)cs1. The number of likely N-dealkylation sites (N-methyl/N-ethyl adjacent to an activating group) is 1. The Morgan fingerprint density at radius 3 is 2.88 bits per heavy atom. The molecule has 0 saturated heterocycles. The third-order valence-corrected chi connectivity index (χ3v) is 3.87. The predicted octanol–water partition coefficient (Wildman–Crippen LogP) is 2.47. The molecule has 0 spiro atoms. The fourth-order valence-corrected chi connectivity index (χ4v) is 2.96. The molecule has 0 aliphatic rings. The molecule has 16 heavy (non-hydrogen) atoms. The lowest BCUT2D eigenvalue weighted by molar-refractivity contribution is -0.121. The van der Waals surface area contributed by atoms with Gasteiger partial charge in [-0.25, -0.2) is 0 Å². The van der Waals surface area contributed by atoms with Crippen LogP contribution in [0.25, 0.3) is 0 Å². The maximum absolute atomic E-state index is 11.3. The smallest absolute Gasteiger partial charge is 0.233 e. The highest BCUT2D eigenvalue weighted by atomic mass is 79.9. The topological polar surface area (TPSA) is 32.3 Å². The first-order valence-electron chi connectivity index (χ1n) is 5.31. The molecule has 0 fully saturated rings. The second kappa shape index (κ2) is 7.04. The molecule has 0 bridgehead atoms. The van der Waals surface area contributed by atoms with Gasteiger partial charge in [0.15, 0.2) is 0 Å². The van der Waals surface area contributed by atoms with Crippen molar-refractivity contribution < 1.29 is 4.79 Å². The number of thiophene rings is 1. The Labute approximate surface area is 109 Å². The average Bonchev–Trinajstić information content (AvgIpc) is 2.64. The largest absolute Gasteiger partial charge is 0.358 e. The van der Waals surface area contributed by atoms with E-state index in [4.69, 9.17) is 0 Å². The van der Waals surface area contributed by atoms with Crippen LogP contribution in [0.1, 0.15) is 18.2 Å². The minimum absolute atomic E-state index is 0.0732. The van der Waals surface area contributed by atoms with Crippen LogP contribution < -0.4 is 5.32 Å². The zero-order chi connectivity index (χ0) is 12.0. The third-order valence-electron chi connectivity index (χ3n) is 2.19. The summed E-state index contributed by atoms with van der Waals surface area (Å²) in [7, 11) is 1.67. The number of nitrogens with zero attached hydrogens (tertiary/aromatic N) is 1. The van der Waals surface area contributed by atoms with Crippen molar-refractivity contribution in [3.05, 3.63) is 20.8 Å². The molecular formula is C11H17BrN2OS. The minimum atomic E-state index is 0.0732. The van der Waals surface area contributed by atoms with Crippen molar-refractivity contribution in [1.29, 1.82) is 0 Å². The fraction of sp³-hybridized carbons (Fsp3) is 0.545. The van der Waals surface area contributed by atoms with Gasteiger partial charge in [-0.15, -0.1) is 11.3 Å². The second-order valence-electron chi connectivity index (χ2n) is 3.62. The molecule has 3 nitrogen and oxygen atoms in total. The first kappa shape index (κ1) is 13.7. The van der Waals surface area contributed by atoms with E-state index in [0.29, 0.717) is 6.54 Å². The zero-order valence-corrected chi connectivity index (χ0v) is 12.0. The Morgan fingerprint density at radius 1 is 1.62 bits per heavy atom. The van der Waals surface area contributed by atoms with Crippen LogP contribution >= 0.6 is 27.3 Å². The Hall–Kier alpha value is -0.390. The zero-order valence-electron chi connectivity index (χ0n) is 9.62. The molecule has 0 aliphatic heterocycles. The van der Waals surface area contributed by atoms with Gasteiger partial charge < -0.3 is 5.32 Å². The van der Waals surface area contributed by atoms with E-state index in [0.717, 1.165) is 24.0 Å². The number of halogens is 1. The first-order valence-corrected chi connectivity index (χ1v) is 6.98. The predicted molar refractivity (Wildman–Crippen MR) is 71.7 cm³/mol. The Morgan fingerprint density at radius 2 is 2.38 bits per heavy atom. The van der Waals surface area contributed by atoms with Gasteiger partial charge in [-0.05, 0) is 35.0 Å². The molecule has 5 heteroatoms. The van der Waals surface area contributed by atoms with E-state index >= 15 is 0 Å². The van der Waals surface area contributed by atoms with E-state index < -0.39 is 0 Å². The molecule has 0 aromatic carbocycles. The highest BCUT2D eigenvalue weighted by Gasteiger charge is 2.10. The maximum atomic E-state index is 11.3. The quantitative estimate of drug-likeness (QED) is 0.875. The van der Waals surface area contributed by atoms with Crippen molar-refractivity contribution in [2.75, 3.05) is 20.1 Å². The summed E-state index contributed by atoms with van der Waals surface area (Å²) in [6.45, 7) is 4.39. The Balaban J connectivity index is 2.53. The van der Waals surface area contributed by atoms with Crippen molar-refractivity contribution >= 4 is 33.2 Å². The Bertz CT molecular complexity index is 340. The Kier molecular flexibility index (Phi) is 6.01. The normalized spacial score (nSPS) is 10.8. The van der Waals surface area contributed by atoms with Gasteiger partial charge in [0.2, 0.25) is 5.91 Å². The molecule has 0 saturated carbocycles. The number of carbonyl (C=O) groups excluding carboxylic acids is 1. The summed E-state index contributed by atoms with van der Waals surface area (Å²) in [6, 6.07) is 2.11. The molecule has 1 N–H and O–H groups in total. The molecule has 1 aromatic rings. The van der Waals surface area contributed by atoms with Crippen molar-refractivity contribution in [3.8, 4) is 0 Å². The number of amides is 1. The lowest BCUT2D eigenvalue weighted by Gasteiger charge is -2.19. The third kappa shape index (κ3) is 4.63. The van der Waals surface area contributed by atoms with Crippen LogP contribution in [0.4, 0.5) is 0 Å². The lowest BCUT2D eigenvalue weighted by Crippen LogP contribution is -2.35. The van der Waals surface area contributed by atoms with E-state index in [1.807, 2.05) is 0 Å². The van der Waals surface area contributed by atoms with E-state index in [1.165, 1.54) is 4.88 Å².